The Bertz CT molecular complexity index is 199. The van der Waals surface area contributed by atoms with Crippen LogP contribution in [0.4, 0.5) is 0 Å². The van der Waals surface area contributed by atoms with Crippen molar-refractivity contribution in [1.82, 2.24) is 10.2 Å². The molecule has 3 atom stereocenters. The zero-order chi connectivity index (χ0) is 10.7. The fraction of sp³-hybridized carbons (Fsp3) is 1.00. The minimum Gasteiger partial charge on any atom is -0.392 e. The summed E-state index contributed by atoms with van der Waals surface area (Å²) in [4.78, 5) is 2.54. The van der Waals surface area contributed by atoms with Crippen molar-refractivity contribution in [1.29, 1.82) is 0 Å². The van der Waals surface area contributed by atoms with Crippen LogP contribution in [0.25, 0.3) is 0 Å². The summed E-state index contributed by atoms with van der Waals surface area (Å²) in [6.45, 7) is 6.49. The lowest BCUT2D eigenvalue weighted by Gasteiger charge is -2.35. The second-order valence-electron chi connectivity index (χ2n) is 4.75. The summed E-state index contributed by atoms with van der Waals surface area (Å²) >= 11 is 0. The van der Waals surface area contributed by atoms with Crippen LogP contribution >= 0.6 is 0 Å². The zero-order valence-electron chi connectivity index (χ0n) is 9.48. The van der Waals surface area contributed by atoms with Crippen LogP contribution in [0, 0.1) is 0 Å². The Morgan fingerprint density at radius 1 is 1.60 bits per heavy atom. The van der Waals surface area contributed by atoms with Crippen molar-refractivity contribution in [2.75, 3.05) is 32.8 Å². The molecule has 2 fully saturated rings. The summed E-state index contributed by atoms with van der Waals surface area (Å²) < 4.78 is 5.79. The highest BCUT2D eigenvalue weighted by atomic mass is 16.5. The highest BCUT2D eigenvalue weighted by Gasteiger charge is 2.31. The molecule has 0 bridgehead atoms. The second kappa shape index (κ2) is 5.25. The van der Waals surface area contributed by atoms with Crippen LogP contribution < -0.4 is 5.32 Å². The number of fused-ring (bicyclic) bond motifs is 1. The van der Waals surface area contributed by atoms with Gasteiger partial charge < -0.3 is 15.2 Å². The molecule has 4 nitrogen and oxygen atoms in total. The Morgan fingerprint density at radius 3 is 3.27 bits per heavy atom. The molecule has 0 aromatic rings. The summed E-state index contributed by atoms with van der Waals surface area (Å²) in [5.74, 6) is 0. The molecule has 0 radical (unpaired) electrons. The molecular weight excluding hydrogens is 192 g/mol. The topological polar surface area (TPSA) is 44.7 Å². The first-order valence-corrected chi connectivity index (χ1v) is 6.00. The van der Waals surface area contributed by atoms with Gasteiger partial charge in [-0.15, -0.1) is 0 Å². The van der Waals surface area contributed by atoms with E-state index in [1.165, 1.54) is 19.4 Å². The van der Waals surface area contributed by atoms with E-state index in [2.05, 4.69) is 10.2 Å². The molecule has 2 saturated heterocycles. The third-order valence-electron chi connectivity index (χ3n) is 3.27. The SMILES string of the molecule is C[C@@H](O)CNCC1CN2CCCC2CO1. The van der Waals surface area contributed by atoms with Crippen molar-refractivity contribution in [3.63, 3.8) is 0 Å². The Hall–Kier alpha value is -0.160. The molecule has 88 valence electrons. The summed E-state index contributed by atoms with van der Waals surface area (Å²) in [6.07, 6.45) is 2.65. The van der Waals surface area contributed by atoms with Crippen molar-refractivity contribution in [3.05, 3.63) is 0 Å². The first-order chi connectivity index (χ1) is 7.25. The average molecular weight is 214 g/mol. The fourth-order valence-electron chi connectivity index (χ4n) is 2.46. The first kappa shape index (κ1) is 11.3. The fourth-order valence-corrected chi connectivity index (χ4v) is 2.46. The van der Waals surface area contributed by atoms with Crippen LogP contribution in [0.3, 0.4) is 0 Å². The first-order valence-electron chi connectivity index (χ1n) is 6.00. The van der Waals surface area contributed by atoms with Crippen molar-refractivity contribution < 1.29 is 9.84 Å². The predicted octanol–water partition coefficient (Wildman–Crippen LogP) is -0.180. The van der Waals surface area contributed by atoms with Gasteiger partial charge >= 0.3 is 0 Å². The van der Waals surface area contributed by atoms with Gasteiger partial charge in [0.15, 0.2) is 0 Å². The lowest BCUT2D eigenvalue weighted by molar-refractivity contribution is -0.0475. The Morgan fingerprint density at radius 2 is 2.47 bits per heavy atom. The summed E-state index contributed by atoms with van der Waals surface area (Å²) in [7, 11) is 0. The van der Waals surface area contributed by atoms with E-state index in [1.54, 1.807) is 6.92 Å². The van der Waals surface area contributed by atoms with Gasteiger partial charge in [0, 0.05) is 25.7 Å². The van der Waals surface area contributed by atoms with Gasteiger partial charge in [-0.1, -0.05) is 0 Å². The zero-order valence-corrected chi connectivity index (χ0v) is 9.48. The van der Waals surface area contributed by atoms with Crippen LogP contribution in [0.2, 0.25) is 0 Å². The molecule has 4 heteroatoms. The molecule has 2 unspecified atom stereocenters. The summed E-state index contributed by atoms with van der Waals surface area (Å²) in [5.41, 5.74) is 0. The number of morpholine rings is 1. The molecule has 0 aromatic heterocycles. The molecule has 2 rings (SSSR count). The smallest absolute Gasteiger partial charge is 0.0827 e. The highest BCUT2D eigenvalue weighted by Crippen LogP contribution is 2.22. The molecular formula is C11H22N2O2. The third kappa shape index (κ3) is 3.14. The van der Waals surface area contributed by atoms with E-state index >= 15 is 0 Å². The van der Waals surface area contributed by atoms with Gasteiger partial charge in [-0.2, -0.15) is 0 Å². The molecule has 2 heterocycles. The maximum absolute atomic E-state index is 9.12. The highest BCUT2D eigenvalue weighted by molar-refractivity contribution is 4.85. The van der Waals surface area contributed by atoms with E-state index in [0.29, 0.717) is 18.7 Å². The van der Waals surface area contributed by atoms with Crippen LogP contribution in [0.1, 0.15) is 19.8 Å². The van der Waals surface area contributed by atoms with E-state index < -0.39 is 0 Å². The lowest BCUT2D eigenvalue weighted by Crippen LogP contribution is -2.49. The molecule has 0 saturated carbocycles. The molecule has 15 heavy (non-hydrogen) atoms. The van der Waals surface area contributed by atoms with Crippen LogP contribution in [0.15, 0.2) is 0 Å². The number of hydrogen-bond donors (Lipinski definition) is 2. The molecule has 0 aliphatic carbocycles. The Balaban J connectivity index is 1.66. The van der Waals surface area contributed by atoms with E-state index in [0.717, 1.165) is 19.7 Å². The van der Waals surface area contributed by atoms with E-state index in [4.69, 9.17) is 9.84 Å². The predicted molar refractivity (Wildman–Crippen MR) is 58.9 cm³/mol. The maximum atomic E-state index is 9.12. The van der Waals surface area contributed by atoms with E-state index in [1.807, 2.05) is 0 Å². The molecule has 0 spiro atoms. The number of hydrogen-bond acceptors (Lipinski definition) is 4. The number of nitrogens with zero attached hydrogens (tertiary/aromatic N) is 1. The minimum absolute atomic E-state index is 0.270. The number of nitrogens with one attached hydrogen (secondary N) is 1. The van der Waals surface area contributed by atoms with Crippen LogP contribution in [-0.4, -0.2) is 61.0 Å². The largest absolute Gasteiger partial charge is 0.392 e. The third-order valence-corrected chi connectivity index (χ3v) is 3.27. The average Bonchev–Trinajstić information content (AvgIpc) is 2.64. The summed E-state index contributed by atoms with van der Waals surface area (Å²) in [5, 5.41) is 12.4. The Labute approximate surface area is 91.6 Å². The molecule has 2 aliphatic heterocycles. The number of rotatable bonds is 4. The van der Waals surface area contributed by atoms with Crippen molar-refractivity contribution in [3.8, 4) is 0 Å². The lowest BCUT2D eigenvalue weighted by atomic mass is 10.2. The van der Waals surface area contributed by atoms with Gasteiger partial charge in [0.05, 0.1) is 18.8 Å². The molecule has 0 amide bonds. The van der Waals surface area contributed by atoms with Gasteiger partial charge in [0.2, 0.25) is 0 Å². The Kier molecular flexibility index (Phi) is 3.97. The van der Waals surface area contributed by atoms with Gasteiger partial charge in [-0.05, 0) is 26.3 Å². The number of ether oxygens (including phenoxy) is 1. The number of aliphatic hydroxyl groups is 1. The van der Waals surface area contributed by atoms with Gasteiger partial charge in [-0.25, -0.2) is 0 Å². The van der Waals surface area contributed by atoms with E-state index in [-0.39, 0.29) is 6.10 Å². The molecule has 2 N–H and O–H groups in total. The second-order valence-corrected chi connectivity index (χ2v) is 4.75. The van der Waals surface area contributed by atoms with Crippen molar-refractivity contribution in [2.24, 2.45) is 0 Å². The monoisotopic (exact) mass is 214 g/mol. The van der Waals surface area contributed by atoms with Gasteiger partial charge in [0.25, 0.3) is 0 Å². The van der Waals surface area contributed by atoms with Crippen LogP contribution in [-0.2, 0) is 4.74 Å². The quantitative estimate of drug-likeness (QED) is 0.681. The summed E-state index contributed by atoms with van der Waals surface area (Å²) in [6, 6.07) is 0.679. The van der Waals surface area contributed by atoms with E-state index in [9.17, 15) is 0 Å². The normalized spacial score (nSPS) is 34.0. The van der Waals surface area contributed by atoms with Crippen LogP contribution in [0.5, 0.6) is 0 Å². The van der Waals surface area contributed by atoms with Gasteiger partial charge in [0.1, 0.15) is 0 Å². The minimum atomic E-state index is -0.270. The number of aliphatic hydroxyl groups excluding tert-OH is 1. The van der Waals surface area contributed by atoms with Gasteiger partial charge in [-0.3, -0.25) is 4.90 Å². The molecule has 0 aromatic carbocycles. The molecule has 2 aliphatic rings. The maximum Gasteiger partial charge on any atom is 0.0827 e. The van der Waals surface area contributed by atoms with Crippen molar-refractivity contribution in [2.45, 2.75) is 38.0 Å². The standard InChI is InChI=1S/C11H22N2O2/c1-9(14)5-12-6-11-7-13-4-2-3-10(13)8-15-11/h9-12,14H,2-8H2,1H3/t9-,10?,11?/m1/s1. The van der Waals surface area contributed by atoms with Crippen molar-refractivity contribution >= 4 is 0 Å².